The van der Waals surface area contributed by atoms with Gasteiger partial charge in [-0.3, -0.25) is 0 Å². The summed E-state index contributed by atoms with van der Waals surface area (Å²) in [5.41, 5.74) is 1.78. The molecule has 0 aliphatic heterocycles. The number of methoxy groups -OCH3 is 2. The topological polar surface area (TPSA) is 83.6 Å². The van der Waals surface area contributed by atoms with Gasteiger partial charge in [0.15, 0.2) is 5.11 Å². The van der Waals surface area contributed by atoms with Crippen LogP contribution in [0.4, 0.5) is 17.5 Å². The Morgan fingerprint density at radius 1 is 0.941 bits per heavy atom. The number of ether oxygens (including phenoxy) is 2. The van der Waals surface area contributed by atoms with Crippen molar-refractivity contribution >= 4 is 45.7 Å². The summed E-state index contributed by atoms with van der Waals surface area (Å²) in [4.78, 5) is 11.5. The highest BCUT2D eigenvalue weighted by Crippen LogP contribution is 2.27. The highest BCUT2D eigenvalue weighted by atomic mass is 32.1. The molecule has 0 bridgehead atoms. The lowest BCUT2D eigenvalue weighted by Gasteiger charge is -2.30. The first kappa shape index (κ1) is 23.8. The van der Waals surface area contributed by atoms with E-state index in [0.29, 0.717) is 34.6 Å². The molecule has 2 aromatic carbocycles. The molecule has 0 radical (unpaired) electrons. The molecule has 3 N–H and O–H groups in total. The third-order valence-electron chi connectivity index (χ3n) is 6.01. The Kier molecular flexibility index (Phi) is 7.52. The molecule has 9 heteroatoms. The maximum Gasteiger partial charge on any atom is 0.225 e. The number of nitrogens with one attached hydrogen (secondary N) is 3. The van der Waals surface area contributed by atoms with Crippen molar-refractivity contribution in [1.82, 2.24) is 15.3 Å². The van der Waals surface area contributed by atoms with Gasteiger partial charge in [-0.25, -0.2) is 4.98 Å². The molecule has 3 aromatic rings. The van der Waals surface area contributed by atoms with Crippen LogP contribution in [-0.2, 0) is 0 Å². The van der Waals surface area contributed by atoms with Crippen molar-refractivity contribution in [2.45, 2.75) is 37.8 Å². The van der Waals surface area contributed by atoms with Gasteiger partial charge in [0.2, 0.25) is 5.95 Å². The molecule has 4 rings (SSSR count). The number of hydrogen-bond donors (Lipinski definition) is 3. The number of aromatic nitrogens is 2. The highest BCUT2D eigenvalue weighted by Gasteiger charge is 2.23. The molecule has 180 valence electrons. The predicted octanol–water partition coefficient (Wildman–Crippen LogP) is 4.42. The molecule has 34 heavy (non-hydrogen) atoms. The second kappa shape index (κ2) is 10.7. The molecule has 1 fully saturated rings. The van der Waals surface area contributed by atoms with E-state index in [2.05, 4.69) is 22.0 Å². The predicted molar refractivity (Wildman–Crippen MR) is 142 cm³/mol. The number of thiocarbonyl (C=S) groups is 1. The summed E-state index contributed by atoms with van der Waals surface area (Å²) in [6, 6.07) is 14.4. The summed E-state index contributed by atoms with van der Waals surface area (Å²) in [6.45, 7) is 0. The maximum atomic E-state index is 5.55. The monoisotopic (exact) mass is 480 g/mol. The Hall–Kier alpha value is -3.33. The van der Waals surface area contributed by atoms with E-state index in [0.717, 1.165) is 48.1 Å². The molecular formula is C25H32N6O2S. The van der Waals surface area contributed by atoms with Crippen LogP contribution in [0.1, 0.15) is 25.7 Å². The zero-order chi connectivity index (χ0) is 24.1. The van der Waals surface area contributed by atoms with Crippen molar-refractivity contribution in [2.24, 2.45) is 0 Å². The molecule has 0 atom stereocenters. The van der Waals surface area contributed by atoms with Crippen LogP contribution in [0.2, 0.25) is 0 Å². The van der Waals surface area contributed by atoms with E-state index in [9.17, 15) is 0 Å². The number of nitrogens with zero attached hydrogens (tertiary/aromatic N) is 3. The van der Waals surface area contributed by atoms with Gasteiger partial charge in [0, 0.05) is 55.5 Å². The number of rotatable bonds is 7. The second-order valence-electron chi connectivity index (χ2n) is 8.68. The van der Waals surface area contributed by atoms with Gasteiger partial charge < -0.3 is 30.3 Å². The number of hydrogen-bond acceptors (Lipinski definition) is 7. The van der Waals surface area contributed by atoms with Gasteiger partial charge in [0.05, 0.1) is 19.7 Å². The first-order valence-electron chi connectivity index (χ1n) is 11.5. The fourth-order valence-corrected chi connectivity index (χ4v) is 4.55. The van der Waals surface area contributed by atoms with E-state index < -0.39 is 0 Å². The third-order valence-corrected chi connectivity index (χ3v) is 6.23. The Morgan fingerprint density at radius 2 is 1.59 bits per heavy atom. The first-order chi connectivity index (χ1) is 16.4. The average molecular weight is 481 g/mol. The molecule has 0 amide bonds. The van der Waals surface area contributed by atoms with E-state index in [4.69, 9.17) is 31.7 Å². The molecule has 1 aliphatic carbocycles. The van der Waals surface area contributed by atoms with Crippen molar-refractivity contribution in [1.29, 1.82) is 0 Å². The minimum Gasteiger partial charge on any atom is -0.497 e. The lowest BCUT2D eigenvalue weighted by Crippen LogP contribution is -2.42. The van der Waals surface area contributed by atoms with Gasteiger partial charge in [-0.05, 0) is 50.0 Å². The first-order valence-corrected chi connectivity index (χ1v) is 11.9. The maximum absolute atomic E-state index is 5.55. The van der Waals surface area contributed by atoms with Crippen molar-refractivity contribution in [2.75, 3.05) is 43.8 Å². The highest BCUT2D eigenvalue weighted by molar-refractivity contribution is 7.80. The van der Waals surface area contributed by atoms with Crippen molar-refractivity contribution in [3.8, 4) is 11.5 Å². The third kappa shape index (κ3) is 5.77. The molecule has 0 saturated heterocycles. The van der Waals surface area contributed by atoms with Crippen LogP contribution in [0, 0.1) is 0 Å². The summed E-state index contributed by atoms with van der Waals surface area (Å²) >= 11 is 5.55. The van der Waals surface area contributed by atoms with Crippen LogP contribution < -0.4 is 30.3 Å². The number of benzene rings is 2. The van der Waals surface area contributed by atoms with Crippen molar-refractivity contribution in [3.05, 3.63) is 42.5 Å². The number of para-hydroxylation sites is 1. The Morgan fingerprint density at radius 3 is 2.24 bits per heavy atom. The zero-order valence-electron chi connectivity index (χ0n) is 20.1. The smallest absolute Gasteiger partial charge is 0.225 e. The molecule has 0 spiro atoms. The molecule has 1 saturated carbocycles. The van der Waals surface area contributed by atoms with E-state index in [1.165, 1.54) is 0 Å². The lowest BCUT2D eigenvalue weighted by atomic mass is 9.91. The van der Waals surface area contributed by atoms with E-state index >= 15 is 0 Å². The minimum atomic E-state index is 0.320. The second-order valence-corrected chi connectivity index (χ2v) is 9.08. The van der Waals surface area contributed by atoms with Crippen LogP contribution in [0.5, 0.6) is 11.5 Å². The molecule has 1 aromatic heterocycles. The van der Waals surface area contributed by atoms with Crippen LogP contribution in [0.15, 0.2) is 42.5 Å². The summed E-state index contributed by atoms with van der Waals surface area (Å²) in [6.07, 6.45) is 4.05. The van der Waals surface area contributed by atoms with Crippen molar-refractivity contribution in [3.63, 3.8) is 0 Å². The molecular weight excluding hydrogens is 448 g/mol. The zero-order valence-corrected chi connectivity index (χ0v) is 20.9. The van der Waals surface area contributed by atoms with Crippen LogP contribution in [0.25, 0.3) is 10.9 Å². The SMILES string of the molecule is COc1cc(NC(=S)NC2CCC(Nc3nc(N(C)C)c4ccccc4n3)CC2)cc(OC)c1. The molecule has 1 aliphatic rings. The normalized spacial score (nSPS) is 17.6. The van der Waals surface area contributed by atoms with Crippen LogP contribution >= 0.6 is 12.2 Å². The van der Waals surface area contributed by atoms with Crippen LogP contribution in [0.3, 0.4) is 0 Å². The van der Waals surface area contributed by atoms with Gasteiger partial charge >= 0.3 is 0 Å². The standard InChI is InChI=1S/C25H32N6O2S/c1-31(2)23-21-7-5-6-8-22(21)29-24(30-23)26-16-9-11-17(12-10-16)27-25(34)28-18-13-19(32-3)15-20(14-18)33-4/h5-8,13-17H,9-12H2,1-4H3,(H,26,29,30)(H2,27,28,34). The van der Waals surface area contributed by atoms with Gasteiger partial charge in [0.1, 0.15) is 17.3 Å². The fourth-order valence-electron chi connectivity index (χ4n) is 4.26. The van der Waals surface area contributed by atoms with E-state index in [-0.39, 0.29) is 0 Å². The number of anilines is 3. The fraction of sp³-hybridized carbons (Fsp3) is 0.400. The average Bonchev–Trinajstić information content (AvgIpc) is 2.84. The Labute approximate surface area is 206 Å². The van der Waals surface area contributed by atoms with E-state index in [1.54, 1.807) is 14.2 Å². The summed E-state index contributed by atoms with van der Waals surface area (Å²) < 4.78 is 10.7. The Balaban J connectivity index is 1.32. The minimum absolute atomic E-state index is 0.320. The largest absolute Gasteiger partial charge is 0.497 e. The van der Waals surface area contributed by atoms with Gasteiger partial charge in [-0.15, -0.1) is 0 Å². The number of fused-ring (bicyclic) bond motifs is 1. The van der Waals surface area contributed by atoms with Gasteiger partial charge in [-0.1, -0.05) is 12.1 Å². The molecule has 1 heterocycles. The van der Waals surface area contributed by atoms with Gasteiger partial charge in [0.25, 0.3) is 0 Å². The quantitative estimate of drug-likeness (QED) is 0.426. The molecule has 8 nitrogen and oxygen atoms in total. The van der Waals surface area contributed by atoms with E-state index in [1.807, 2.05) is 55.4 Å². The summed E-state index contributed by atoms with van der Waals surface area (Å²) in [7, 11) is 7.28. The summed E-state index contributed by atoms with van der Waals surface area (Å²) in [5.74, 6) is 3.03. The lowest BCUT2D eigenvalue weighted by molar-refractivity contribution is 0.387. The molecule has 0 unspecified atom stereocenters. The van der Waals surface area contributed by atoms with Crippen LogP contribution in [-0.4, -0.2) is 55.5 Å². The summed E-state index contributed by atoms with van der Waals surface area (Å²) in [5, 5.41) is 11.9. The van der Waals surface area contributed by atoms with Crippen molar-refractivity contribution < 1.29 is 9.47 Å². The van der Waals surface area contributed by atoms with Gasteiger partial charge in [-0.2, -0.15) is 4.98 Å². The Bertz CT molecular complexity index is 1130.